The van der Waals surface area contributed by atoms with E-state index in [0.717, 1.165) is 12.1 Å². The van der Waals surface area contributed by atoms with Crippen molar-refractivity contribution in [1.82, 2.24) is 14.7 Å². The number of sulfonamides is 1. The number of aromatic nitrogens is 2. The first-order chi connectivity index (χ1) is 14.2. The average Bonchev–Trinajstić information content (AvgIpc) is 2.69. The molecule has 2 aromatic rings. The van der Waals surface area contributed by atoms with E-state index >= 15 is 0 Å². The van der Waals surface area contributed by atoms with Gasteiger partial charge < -0.3 is 9.47 Å². The predicted octanol–water partition coefficient (Wildman–Crippen LogP) is 3.31. The fourth-order valence-corrected chi connectivity index (χ4v) is 4.75. The van der Waals surface area contributed by atoms with Crippen LogP contribution in [0.25, 0.3) is 0 Å². The largest absolute Gasteiger partial charge is 0.477 e. The van der Waals surface area contributed by atoms with Crippen molar-refractivity contribution in [2.24, 2.45) is 0 Å². The number of nitrogens with zero attached hydrogens (tertiary/aromatic N) is 2. The zero-order valence-electron chi connectivity index (χ0n) is 16.2. The molecule has 0 radical (unpaired) electrons. The number of alkyl halides is 3. The Hall–Kier alpha value is -2.40. The summed E-state index contributed by atoms with van der Waals surface area (Å²) < 4.78 is 76.2. The Bertz CT molecular complexity index is 944. The normalized spacial score (nSPS) is 20.0. The topological polar surface area (TPSA) is 90.4 Å². The quantitative estimate of drug-likeness (QED) is 0.703. The molecule has 0 amide bonds. The lowest BCUT2D eigenvalue weighted by atomic mass is 9.94. The molecule has 1 N–H and O–H groups in total. The zero-order valence-corrected chi connectivity index (χ0v) is 17.0. The molecule has 0 spiro atoms. The standard InChI is InChI=1S/C19H22F3N3O4S/c1-28-17-18(24-11-10-23-17)29-16-8-6-15(7-9-16)25-30(26,27)12-13-2-4-14(5-3-13)19(20,21)22/h2-5,10-11,15-16,25H,6-9,12H2,1H3. The smallest absolute Gasteiger partial charge is 0.416 e. The molecule has 11 heteroatoms. The van der Waals surface area contributed by atoms with E-state index < -0.39 is 21.8 Å². The van der Waals surface area contributed by atoms with E-state index in [0.29, 0.717) is 37.1 Å². The SMILES string of the molecule is COc1nccnc1OC1CCC(NS(=O)(=O)Cc2ccc(C(F)(F)F)cc2)CC1. The maximum absolute atomic E-state index is 12.6. The van der Waals surface area contributed by atoms with Crippen LogP contribution in [0.15, 0.2) is 36.7 Å². The van der Waals surface area contributed by atoms with Crippen molar-refractivity contribution in [3.8, 4) is 11.8 Å². The molecule has 0 atom stereocenters. The molecule has 0 saturated heterocycles. The molecule has 0 aliphatic heterocycles. The van der Waals surface area contributed by atoms with Gasteiger partial charge in [-0.05, 0) is 43.4 Å². The van der Waals surface area contributed by atoms with Gasteiger partial charge >= 0.3 is 6.18 Å². The van der Waals surface area contributed by atoms with E-state index in [1.165, 1.54) is 31.6 Å². The maximum atomic E-state index is 12.6. The Morgan fingerprint density at radius 1 is 1.03 bits per heavy atom. The van der Waals surface area contributed by atoms with Crippen LogP contribution in [0.2, 0.25) is 0 Å². The molecule has 1 aromatic carbocycles. The third-order valence-electron chi connectivity index (χ3n) is 4.76. The van der Waals surface area contributed by atoms with Gasteiger partial charge in [-0.3, -0.25) is 0 Å². The van der Waals surface area contributed by atoms with E-state index in [-0.39, 0.29) is 23.8 Å². The van der Waals surface area contributed by atoms with Crippen molar-refractivity contribution in [1.29, 1.82) is 0 Å². The second kappa shape index (κ2) is 9.17. The first kappa shape index (κ1) is 22.3. The molecule has 1 aliphatic rings. The second-order valence-corrected chi connectivity index (χ2v) is 8.79. The van der Waals surface area contributed by atoms with Gasteiger partial charge in [-0.2, -0.15) is 13.2 Å². The number of benzene rings is 1. The molecule has 1 heterocycles. The molecular formula is C19H22F3N3O4S. The van der Waals surface area contributed by atoms with Crippen LogP contribution in [-0.2, 0) is 22.0 Å². The van der Waals surface area contributed by atoms with Crippen molar-refractivity contribution in [3.05, 3.63) is 47.8 Å². The molecule has 30 heavy (non-hydrogen) atoms. The van der Waals surface area contributed by atoms with E-state index in [2.05, 4.69) is 14.7 Å². The van der Waals surface area contributed by atoms with Crippen LogP contribution in [-0.4, -0.2) is 37.6 Å². The molecule has 0 unspecified atom stereocenters. The van der Waals surface area contributed by atoms with E-state index in [1.807, 2.05) is 0 Å². The summed E-state index contributed by atoms with van der Waals surface area (Å²) in [6.45, 7) is 0. The fourth-order valence-electron chi connectivity index (χ4n) is 3.29. The van der Waals surface area contributed by atoms with Gasteiger partial charge in [-0.25, -0.2) is 23.1 Å². The van der Waals surface area contributed by atoms with Crippen molar-refractivity contribution in [2.75, 3.05) is 7.11 Å². The van der Waals surface area contributed by atoms with Crippen LogP contribution in [0.4, 0.5) is 13.2 Å². The van der Waals surface area contributed by atoms with Crippen LogP contribution >= 0.6 is 0 Å². The lowest BCUT2D eigenvalue weighted by molar-refractivity contribution is -0.137. The van der Waals surface area contributed by atoms with Crippen molar-refractivity contribution >= 4 is 10.0 Å². The minimum atomic E-state index is -4.45. The van der Waals surface area contributed by atoms with Gasteiger partial charge in [0.25, 0.3) is 11.8 Å². The molecular weight excluding hydrogens is 423 g/mol. The van der Waals surface area contributed by atoms with Gasteiger partial charge in [-0.15, -0.1) is 0 Å². The Labute approximate surface area is 172 Å². The van der Waals surface area contributed by atoms with Crippen molar-refractivity contribution < 1.29 is 31.1 Å². The van der Waals surface area contributed by atoms with E-state index in [1.54, 1.807) is 0 Å². The van der Waals surface area contributed by atoms with Gasteiger partial charge in [0.1, 0.15) is 6.10 Å². The Kier molecular flexibility index (Phi) is 6.81. The van der Waals surface area contributed by atoms with Gasteiger partial charge in [0.05, 0.1) is 18.4 Å². The minimum Gasteiger partial charge on any atom is -0.477 e. The number of halogens is 3. The number of hydrogen-bond donors (Lipinski definition) is 1. The first-order valence-electron chi connectivity index (χ1n) is 9.34. The first-order valence-corrected chi connectivity index (χ1v) is 11.0. The summed E-state index contributed by atoms with van der Waals surface area (Å²) in [5, 5.41) is 0. The number of ether oxygens (including phenoxy) is 2. The summed E-state index contributed by atoms with van der Waals surface area (Å²) in [5.41, 5.74) is -0.517. The number of rotatable bonds is 7. The highest BCUT2D eigenvalue weighted by Crippen LogP contribution is 2.30. The fraction of sp³-hybridized carbons (Fsp3) is 0.474. The van der Waals surface area contributed by atoms with Crippen LogP contribution in [0.3, 0.4) is 0 Å². The monoisotopic (exact) mass is 445 g/mol. The van der Waals surface area contributed by atoms with Crippen LogP contribution < -0.4 is 14.2 Å². The minimum absolute atomic E-state index is 0.133. The summed E-state index contributed by atoms with van der Waals surface area (Å²) >= 11 is 0. The van der Waals surface area contributed by atoms with Crippen molar-refractivity contribution in [2.45, 2.75) is 49.8 Å². The maximum Gasteiger partial charge on any atom is 0.416 e. The third-order valence-corrected chi connectivity index (χ3v) is 6.17. The second-order valence-electron chi connectivity index (χ2n) is 7.03. The molecule has 0 bridgehead atoms. The molecule has 1 aliphatic carbocycles. The van der Waals surface area contributed by atoms with Gasteiger partial charge in [0.2, 0.25) is 10.0 Å². The van der Waals surface area contributed by atoms with Gasteiger partial charge in [0.15, 0.2) is 0 Å². The number of methoxy groups -OCH3 is 1. The molecule has 1 saturated carbocycles. The summed E-state index contributed by atoms with van der Waals surface area (Å²) in [6, 6.07) is 3.87. The lowest BCUT2D eigenvalue weighted by Crippen LogP contribution is -2.40. The summed E-state index contributed by atoms with van der Waals surface area (Å²) in [7, 11) is -2.21. The highest BCUT2D eigenvalue weighted by Gasteiger charge is 2.30. The van der Waals surface area contributed by atoms with Crippen molar-refractivity contribution in [3.63, 3.8) is 0 Å². The van der Waals surface area contributed by atoms with Gasteiger partial charge in [-0.1, -0.05) is 12.1 Å². The molecule has 164 valence electrons. The average molecular weight is 445 g/mol. The van der Waals surface area contributed by atoms with Gasteiger partial charge in [0, 0.05) is 18.4 Å². The Morgan fingerprint density at radius 2 is 1.63 bits per heavy atom. The van der Waals surface area contributed by atoms with E-state index in [4.69, 9.17) is 9.47 Å². The molecule has 1 aromatic heterocycles. The molecule has 1 fully saturated rings. The highest BCUT2D eigenvalue weighted by atomic mass is 32.2. The number of nitrogens with one attached hydrogen (secondary N) is 1. The lowest BCUT2D eigenvalue weighted by Gasteiger charge is -2.29. The third kappa shape index (κ3) is 6.05. The van der Waals surface area contributed by atoms with Crippen LogP contribution in [0.1, 0.15) is 36.8 Å². The highest BCUT2D eigenvalue weighted by molar-refractivity contribution is 7.88. The summed E-state index contributed by atoms with van der Waals surface area (Å²) in [4.78, 5) is 8.12. The predicted molar refractivity (Wildman–Crippen MR) is 102 cm³/mol. The molecule has 7 nitrogen and oxygen atoms in total. The zero-order chi connectivity index (χ0) is 21.8. The Balaban J connectivity index is 1.51. The van der Waals surface area contributed by atoms with E-state index in [9.17, 15) is 21.6 Å². The molecule has 3 rings (SSSR count). The van der Waals surface area contributed by atoms with Crippen LogP contribution in [0, 0.1) is 0 Å². The number of hydrogen-bond acceptors (Lipinski definition) is 6. The summed E-state index contributed by atoms with van der Waals surface area (Å²) in [5.74, 6) is 0.210. The van der Waals surface area contributed by atoms with Crippen LogP contribution in [0.5, 0.6) is 11.8 Å². The summed E-state index contributed by atoms with van der Waals surface area (Å²) in [6.07, 6.45) is 0.782. The Morgan fingerprint density at radius 3 is 2.20 bits per heavy atom.